The third kappa shape index (κ3) is 3.04. The Bertz CT molecular complexity index is 511. The van der Waals surface area contributed by atoms with Crippen LogP contribution in [0.1, 0.15) is 0 Å². The fourth-order valence-electron chi connectivity index (χ4n) is 1.52. The van der Waals surface area contributed by atoms with Crippen molar-refractivity contribution < 1.29 is 9.66 Å². The molecule has 2 rings (SSSR count). The third-order valence-corrected chi connectivity index (χ3v) is 2.28. The van der Waals surface area contributed by atoms with Crippen LogP contribution in [0.25, 0.3) is 11.1 Å². The minimum atomic E-state index is -0.516. The smallest absolute Gasteiger partial charge is 0.344 e. The minimum Gasteiger partial charge on any atom is -0.432 e. The van der Waals surface area contributed by atoms with Gasteiger partial charge in [0.2, 0.25) is 0 Å². The van der Waals surface area contributed by atoms with Crippen molar-refractivity contribution in [1.29, 1.82) is 0 Å². The number of nitro groups is 1. The summed E-state index contributed by atoms with van der Waals surface area (Å²) in [6.07, 6.45) is 0. The molecule has 0 heterocycles. The topological polar surface area (TPSA) is 52.4 Å². The number of hydrogen-bond donors (Lipinski definition) is 0. The molecule has 0 saturated heterocycles. The van der Waals surface area contributed by atoms with E-state index in [1.807, 2.05) is 42.5 Å². The molecular weight excluding hydrogens is 218 g/mol. The summed E-state index contributed by atoms with van der Waals surface area (Å²) >= 11 is 0. The van der Waals surface area contributed by atoms with Crippen molar-refractivity contribution in [3.63, 3.8) is 0 Å². The lowest BCUT2D eigenvalue weighted by Gasteiger charge is -2.04. The SMILES string of the molecule is O=[N+]([O-])COc1cccc(-c2ccccc2)c1. The van der Waals surface area contributed by atoms with Gasteiger partial charge in [0.15, 0.2) is 0 Å². The molecular formula is C13H11NO3. The molecule has 0 bridgehead atoms. The fraction of sp³-hybridized carbons (Fsp3) is 0.0769. The molecule has 0 radical (unpaired) electrons. The molecule has 0 spiro atoms. The predicted molar refractivity (Wildman–Crippen MR) is 64.4 cm³/mol. The van der Waals surface area contributed by atoms with E-state index >= 15 is 0 Å². The Balaban J connectivity index is 2.20. The number of benzene rings is 2. The predicted octanol–water partition coefficient (Wildman–Crippen LogP) is 2.97. The van der Waals surface area contributed by atoms with Crippen molar-refractivity contribution in [3.05, 3.63) is 64.7 Å². The van der Waals surface area contributed by atoms with Crippen LogP contribution in [-0.4, -0.2) is 11.7 Å². The zero-order chi connectivity index (χ0) is 12.1. The van der Waals surface area contributed by atoms with Gasteiger partial charge in [-0.1, -0.05) is 42.5 Å². The van der Waals surface area contributed by atoms with Gasteiger partial charge in [-0.2, -0.15) is 0 Å². The van der Waals surface area contributed by atoms with Crippen LogP contribution in [0.5, 0.6) is 5.75 Å². The largest absolute Gasteiger partial charge is 0.432 e. The lowest BCUT2D eigenvalue weighted by Crippen LogP contribution is -2.07. The van der Waals surface area contributed by atoms with Gasteiger partial charge in [-0.25, -0.2) is 0 Å². The molecule has 0 aliphatic heterocycles. The maximum atomic E-state index is 10.2. The Kier molecular flexibility index (Phi) is 3.35. The highest BCUT2D eigenvalue weighted by atomic mass is 16.7. The van der Waals surface area contributed by atoms with E-state index in [4.69, 9.17) is 4.74 Å². The molecule has 2 aromatic carbocycles. The summed E-state index contributed by atoms with van der Waals surface area (Å²) in [7, 11) is 0. The lowest BCUT2D eigenvalue weighted by atomic mass is 10.1. The Morgan fingerprint density at radius 2 is 1.71 bits per heavy atom. The molecule has 0 amide bonds. The zero-order valence-electron chi connectivity index (χ0n) is 9.08. The van der Waals surface area contributed by atoms with Gasteiger partial charge in [-0.15, -0.1) is 0 Å². The second-order valence-electron chi connectivity index (χ2n) is 3.50. The maximum absolute atomic E-state index is 10.2. The number of ether oxygens (including phenoxy) is 1. The van der Waals surface area contributed by atoms with Gasteiger partial charge in [-0.05, 0) is 23.3 Å². The molecule has 0 N–H and O–H groups in total. The number of rotatable bonds is 4. The first-order valence-electron chi connectivity index (χ1n) is 5.16. The summed E-state index contributed by atoms with van der Waals surface area (Å²) in [5, 5.41) is 10.2. The van der Waals surface area contributed by atoms with E-state index in [1.165, 1.54) is 0 Å². The average Bonchev–Trinajstić information content (AvgIpc) is 2.38. The van der Waals surface area contributed by atoms with E-state index in [1.54, 1.807) is 12.1 Å². The first-order chi connectivity index (χ1) is 8.25. The highest BCUT2D eigenvalue weighted by Gasteiger charge is 2.01. The van der Waals surface area contributed by atoms with Crippen molar-refractivity contribution in [2.24, 2.45) is 0 Å². The lowest BCUT2D eigenvalue weighted by molar-refractivity contribution is -0.514. The molecule has 4 nitrogen and oxygen atoms in total. The fourth-order valence-corrected chi connectivity index (χ4v) is 1.52. The van der Waals surface area contributed by atoms with Gasteiger partial charge < -0.3 is 4.74 Å². The standard InChI is InChI=1S/C13H11NO3/c15-14(16)10-17-13-8-4-7-12(9-13)11-5-2-1-3-6-11/h1-9H,10H2. The highest BCUT2D eigenvalue weighted by Crippen LogP contribution is 2.23. The first kappa shape index (κ1) is 11.1. The number of nitrogens with zero attached hydrogens (tertiary/aromatic N) is 1. The van der Waals surface area contributed by atoms with E-state index in [-0.39, 0.29) is 0 Å². The van der Waals surface area contributed by atoms with Crippen LogP contribution in [0.3, 0.4) is 0 Å². The minimum absolute atomic E-state index is 0.503. The summed E-state index contributed by atoms with van der Waals surface area (Å²) in [5.41, 5.74) is 2.03. The average molecular weight is 229 g/mol. The van der Waals surface area contributed by atoms with Crippen molar-refractivity contribution in [3.8, 4) is 16.9 Å². The van der Waals surface area contributed by atoms with Crippen molar-refractivity contribution in [2.45, 2.75) is 0 Å². The summed E-state index contributed by atoms with van der Waals surface area (Å²) in [4.78, 5) is 9.70. The Morgan fingerprint density at radius 1 is 1.00 bits per heavy atom. The second kappa shape index (κ2) is 5.12. The second-order valence-corrected chi connectivity index (χ2v) is 3.50. The van der Waals surface area contributed by atoms with E-state index in [2.05, 4.69) is 0 Å². The van der Waals surface area contributed by atoms with Crippen molar-refractivity contribution in [1.82, 2.24) is 0 Å². The Morgan fingerprint density at radius 3 is 2.41 bits per heavy atom. The quantitative estimate of drug-likeness (QED) is 0.460. The van der Waals surface area contributed by atoms with Crippen LogP contribution in [0.15, 0.2) is 54.6 Å². The molecule has 86 valence electrons. The van der Waals surface area contributed by atoms with E-state index < -0.39 is 11.7 Å². The normalized spacial score (nSPS) is 9.88. The van der Waals surface area contributed by atoms with Crippen LogP contribution in [0.4, 0.5) is 0 Å². The molecule has 0 fully saturated rings. The summed E-state index contributed by atoms with van der Waals surface area (Å²) in [5.74, 6) is 0.503. The van der Waals surface area contributed by atoms with Gasteiger partial charge in [0.05, 0.1) is 4.92 Å². The van der Waals surface area contributed by atoms with Crippen LogP contribution < -0.4 is 4.74 Å². The Hall–Kier alpha value is -2.36. The maximum Gasteiger partial charge on any atom is 0.344 e. The zero-order valence-corrected chi connectivity index (χ0v) is 9.08. The van der Waals surface area contributed by atoms with Crippen LogP contribution in [0.2, 0.25) is 0 Å². The third-order valence-electron chi connectivity index (χ3n) is 2.28. The molecule has 4 heteroatoms. The van der Waals surface area contributed by atoms with Gasteiger partial charge in [0.25, 0.3) is 0 Å². The monoisotopic (exact) mass is 229 g/mol. The molecule has 2 aromatic rings. The summed E-state index contributed by atoms with van der Waals surface area (Å²) in [6, 6.07) is 17.0. The highest BCUT2D eigenvalue weighted by molar-refractivity contribution is 5.64. The first-order valence-corrected chi connectivity index (χ1v) is 5.16. The molecule has 0 unspecified atom stereocenters. The van der Waals surface area contributed by atoms with Crippen molar-refractivity contribution in [2.75, 3.05) is 6.73 Å². The van der Waals surface area contributed by atoms with E-state index in [0.29, 0.717) is 5.75 Å². The van der Waals surface area contributed by atoms with Gasteiger partial charge >= 0.3 is 6.73 Å². The summed E-state index contributed by atoms with van der Waals surface area (Å²) in [6.45, 7) is -0.516. The van der Waals surface area contributed by atoms with E-state index in [0.717, 1.165) is 11.1 Å². The van der Waals surface area contributed by atoms with Crippen molar-refractivity contribution >= 4 is 0 Å². The van der Waals surface area contributed by atoms with Gasteiger partial charge in [0.1, 0.15) is 5.75 Å². The van der Waals surface area contributed by atoms with Gasteiger partial charge in [-0.3, -0.25) is 10.1 Å². The molecule has 17 heavy (non-hydrogen) atoms. The van der Waals surface area contributed by atoms with Crippen LogP contribution in [0, 0.1) is 10.1 Å². The number of hydrogen-bond acceptors (Lipinski definition) is 3. The van der Waals surface area contributed by atoms with Crippen LogP contribution >= 0.6 is 0 Å². The molecule has 0 aromatic heterocycles. The molecule has 0 aliphatic carbocycles. The molecule has 0 aliphatic rings. The van der Waals surface area contributed by atoms with E-state index in [9.17, 15) is 10.1 Å². The molecule has 0 atom stereocenters. The summed E-state index contributed by atoms with van der Waals surface area (Å²) < 4.78 is 5.03. The Labute approximate surface area is 98.6 Å². The van der Waals surface area contributed by atoms with Gasteiger partial charge in [0, 0.05) is 0 Å². The van der Waals surface area contributed by atoms with Crippen LogP contribution in [-0.2, 0) is 0 Å². The molecule has 0 saturated carbocycles.